The molecule has 0 aromatic heterocycles. The van der Waals surface area contributed by atoms with Gasteiger partial charge in [-0.2, -0.15) is 0 Å². The van der Waals surface area contributed by atoms with Gasteiger partial charge in [-0.1, -0.05) is 6.42 Å². The third-order valence-corrected chi connectivity index (χ3v) is 5.89. The molecule has 26 heavy (non-hydrogen) atoms. The summed E-state index contributed by atoms with van der Waals surface area (Å²) in [6.07, 6.45) is 5.56. The summed E-state index contributed by atoms with van der Waals surface area (Å²) in [5, 5.41) is 0. The highest BCUT2D eigenvalue weighted by molar-refractivity contribution is 5.85. The van der Waals surface area contributed by atoms with Gasteiger partial charge in [-0.15, -0.1) is 12.4 Å². The van der Waals surface area contributed by atoms with Gasteiger partial charge in [0.15, 0.2) is 0 Å². The molecule has 2 aliphatic carbocycles. The summed E-state index contributed by atoms with van der Waals surface area (Å²) in [5.41, 5.74) is 6.33. The minimum atomic E-state index is 0. The van der Waals surface area contributed by atoms with Crippen LogP contribution in [0, 0.1) is 17.8 Å². The summed E-state index contributed by atoms with van der Waals surface area (Å²) >= 11 is 0. The molecule has 1 amide bonds. The van der Waals surface area contributed by atoms with Crippen LogP contribution in [0.4, 0.5) is 0 Å². The Morgan fingerprint density at radius 2 is 1.73 bits per heavy atom. The number of halogens is 1. The van der Waals surface area contributed by atoms with Crippen molar-refractivity contribution in [1.82, 2.24) is 4.90 Å². The van der Waals surface area contributed by atoms with Crippen molar-refractivity contribution < 1.29 is 14.3 Å². The van der Waals surface area contributed by atoms with Gasteiger partial charge in [-0.25, -0.2) is 0 Å². The van der Waals surface area contributed by atoms with E-state index < -0.39 is 0 Å². The zero-order valence-electron chi connectivity index (χ0n) is 15.7. The summed E-state index contributed by atoms with van der Waals surface area (Å²) in [5.74, 6) is 3.06. The maximum Gasteiger partial charge on any atom is 0.225 e. The van der Waals surface area contributed by atoms with E-state index in [1.165, 1.54) is 19.3 Å². The Morgan fingerprint density at radius 1 is 1.15 bits per heavy atom. The number of hydrogen-bond acceptors (Lipinski definition) is 4. The molecule has 0 aliphatic heterocycles. The zero-order chi connectivity index (χ0) is 17.8. The Balaban J connectivity index is 0.00000243. The fourth-order valence-corrected chi connectivity index (χ4v) is 4.39. The van der Waals surface area contributed by atoms with E-state index >= 15 is 0 Å². The molecule has 2 unspecified atom stereocenters. The van der Waals surface area contributed by atoms with Gasteiger partial charge in [0.1, 0.15) is 18.1 Å². The monoisotopic (exact) mass is 382 g/mol. The molecule has 2 N–H and O–H groups in total. The first-order valence-corrected chi connectivity index (χ1v) is 9.36. The maximum atomic E-state index is 12.8. The van der Waals surface area contributed by atoms with E-state index in [-0.39, 0.29) is 24.2 Å². The molecule has 3 rings (SSSR count). The summed E-state index contributed by atoms with van der Waals surface area (Å²) in [4.78, 5) is 14.6. The number of nitrogens with two attached hydrogens (primary N) is 1. The standard InChI is InChI=1S/C20H30N2O3.ClH/c1-22(10-11-25-18-8-6-17(24-2)7-9-18)20(23)16-12-14-4-3-5-15(13-16)19(14)21;/h6-9,14-16,19H,3-5,10-13,21H2,1-2H3;1H. The molecule has 1 aromatic carbocycles. The predicted molar refractivity (Wildman–Crippen MR) is 105 cm³/mol. The number of carbonyl (C=O) groups excluding carboxylic acids is 1. The number of fused-ring (bicyclic) bond motifs is 2. The highest BCUT2D eigenvalue weighted by Gasteiger charge is 2.41. The third-order valence-electron chi connectivity index (χ3n) is 5.89. The van der Waals surface area contributed by atoms with Gasteiger partial charge < -0.3 is 20.1 Å². The fourth-order valence-electron chi connectivity index (χ4n) is 4.39. The first-order chi connectivity index (χ1) is 12.1. The van der Waals surface area contributed by atoms with Gasteiger partial charge >= 0.3 is 0 Å². The lowest BCUT2D eigenvalue weighted by Gasteiger charge is -2.44. The van der Waals surface area contributed by atoms with Crippen LogP contribution in [0.2, 0.25) is 0 Å². The molecule has 0 spiro atoms. The highest BCUT2D eigenvalue weighted by atomic mass is 35.5. The molecule has 0 heterocycles. The van der Waals surface area contributed by atoms with Crippen LogP contribution in [0.5, 0.6) is 11.5 Å². The molecule has 2 fully saturated rings. The number of benzene rings is 1. The number of carbonyl (C=O) groups is 1. The van der Waals surface area contributed by atoms with Crippen molar-refractivity contribution in [1.29, 1.82) is 0 Å². The molecule has 5 nitrogen and oxygen atoms in total. The average Bonchev–Trinajstić information content (AvgIpc) is 2.61. The van der Waals surface area contributed by atoms with E-state index in [0.717, 1.165) is 24.3 Å². The molecule has 0 saturated heterocycles. The quantitative estimate of drug-likeness (QED) is 0.821. The predicted octanol–water partition coefficient (Wildman–Crippen LogP) is 3.11. The topological polar surface area (TPSA) is 64.8 Å². The second-order valence-electron chi connectivity index (χ2n) is 7.48. The van der Waals surface area contributed by atoms with Crippen molar-refractivity contribution in [3.8, 4) is 11.5 Å². The summed E-state index contributed by atoms with van der Waals surface area (Å²) in [6.45, 7) is 1.09. The lowest BCUT2D eigenvalue weighted by Crippen LogP contribution is -2.49. The van der Waals surface area contributed by atoms with E-state index in [1.54, 1.807) is 7.11 Å². The highest BCUT2D eigenvalue weighted by Crippen LogP contribution is 2.42. The zero-order valence-corrected chi connectivity index (χ0v) is 16.5. The first kappa shape index (κ1) is 20.8. The number of nitrogens with zero attached hydrogens (tertiary/aromatic N) is 1. The molecule has 2 atom stereocenters. The Labute approximate surface area is 162 Å². The lowest BCUT2D eigenvalue weighted by atomic mass is 9.65. The van der Waals surface area contributed by atoms with Crippen LogP contribution >= 0.6 is 12.4 Å². The average molecular weight is 383 g/mol. The molecule has 6 heteroatoms. The minimum absolute atomic E-state index is 0. The van der Waals surface area contributed by atoms with Crippen molar-refractivity contribution in [2.24, 2.45) is 23.5 Å². The van der Waals surface area contributed by atoms with Crippen LogP contribution in [0.25, 0.3) is 0 Å². The number of rotatable bonds is 6. The van der Waals surface area contributed by atoms with Crippen molar-refractivity contribution in [3.05, 3.63) is 24.3 Å². The Morgan fingerprint density at radius 3 is 2.31 bits per heavy atom. The smallest absolute Gasteiger partial charge is 0.225 e. The van der Waals surface area contributed by atoms with E-state index in [2.05, 4.69) is 0 Å². The molecule has 2 aliphatic rings. The molecular weight excluding hydrogens is 352 g/mol. The molecule has 146 valence electrons. The molecule has 0 radical (unpaired) electrons. The van der Waals surface area contributed by atoms with Crippen LogP contribution < -0.4 is 15.2 Å². The van der Waals surface area contributed by atoms with Crippen molar-refractivity contribution in [2.75, 3.05) is 27.3 Å². The largest absolute Gasteiger partial charge is 0.497 e. The van der Waals surface area contributed by atoms with Crippen molar-refractivity contribution in [3.63, 3.8) is 0 Å². The number of ether oxygens (including phenoxy) is 2. The van der Waals surface area contributed by atoms with Gasteiger partial charge in [0, 0.05) is 19.0 Å². The molecule has 2 saturated carbocycles. The SMILES string of the molecule is COc1ccc(OCCN(C)C(=O)C2CC3CCCC(C2)C3N)cc1.Cl. The summed E-state index contributed by atoms with van der Waals surface area (Å²) in [6, 6.07) is 7.80. The number of methoxy groups -OCH3 is 1. The van der Waals surface area contributed by atoms with Gasteiger partial charge in [0.2, 0.25) is 5.91 Å². The van der Waals surface area contributed by atoms with Gasteiger partial charge in [0.25, 0.3) is 0 Å². The summed E-state index contributed by atoms with van der Waals surface area (Å²) < 4.78 is 10.9. The van der Waals surface area contributed by atoms with Gasteiger partial charge in [-0.3, -0.25) is 4.79 Å². The van der Waals surface area contributed by atoms with Gasteiger partial charge in [-0.05, 0) is 61.8 Å². The van der Waals surface area contributed by atoms with Crippen LogP contribution in [0.1, 0.15) is 32.1 Å². The number of amides is 1. The van der Waals surface area contributed by atoms with Crippen LogP contribution in [-0.2, 0) is 4.79 Å². The Bertz CT molecular complexity index is 567. The van der Waals surface area contributed by atoms with E-state index in [9.17, 15) is 4.79 Å². The number of hydrogen-bond donors (Lipinski definition) is 1. The Kier molecular flexibility index (Phi) is 7.59. The van der Waals surface area contributed by atoms with Crippen LogP contribution in [0.15, 0.2) is 24.3 Å². The number of likely N-dealkylation sites (N-methyl/N-ethyl adjacent to an activating group) is 1. The molecule has 2 bridgehead atoms. The molecular formula is C20H31ClN2O3. The maximum absolute atomic E-state index is 12.8. The van der Waals surface area contributed by atoms with Crippen LogP contribution in [0.3, 0.4) is 0 Å². The third kappa shape index (κ3) is 4.83. The minimum Gasteiger partial charge on any atom is -0.497 e. The Hall–Kier alpha value is -1.46. The first-order valence-electron chi connectivity index (χ1n) is 9.36. The van der Waals surface area contributed by atoms with Crippen LogP contribution in [-0.4, -0.2) is 44.2 Å². The summed E-state index contributed by atoms with van der Waals surface area (Å²) in [7, 11) is 3.52. The van der Waals surface area contributed by atoms with E-state index in [4.69, 9.17) is 15.2 Å². The van der Waals surface area contributed by atoms with Crippen molar-refractivity contribution >= 4 is 18.3 Å². The molecule has 1 aromatic rings. The van der Waals surface area contributed by atoms with Gasteiger partial charge in [0.05, 0.1) is 13.7 Å². The lowest BCUT2D eigenvalue weighted by molar-refractivity contribution is -0.137. The second-order valence-corrected chi connectivity index (χ2v) is 7.48. The normalized spacial score (nSPS) is 27.2. The van der Waals surface area contributed by atoms with E-state index in [1.807, 2.05) is 36.2 Å². The van der Waals surface area contributed by atoms with Crippen molar-refractivity contribution in [2.45, 2.75) is 38.1 Å². The second kappa shape index (κ2) is 9.47. The van der Waals surface area contributed by atoms with E-state index in [0.29, 0.717) is 31.0 Å². The fraction of sp³-hybridized carbons (Fsp3) is 0.650.